The molecule has 0 radical (unpaired) electrons. The number of carbonyl (C=O) groups excluding carboxylic acids is 3. The molecule has 4 aliphatic rings. The molecule has 0 heterocycles. The van der Waals surface area contributed by atoms with Crippen molar-refractivity contribution in [3.63, 3.8) is 0 Å². The lowest BCUT2D eigenvalue weighted by Gasteiger charge is -2.58. The largest absolute Gasteiger partial charge is 0.506 e. The minimum absolute atomic E-state index is 0.0106. The number of rotatable bonds is 6. The molecule has 0 aromatic heterocycles. The highest BCUT2D eigenvalue weighted by Gasteiger charge is 2.68. The maximum Gasteiger partial charge on any atom is 0.339 e. The zero-order valence-corrected chi connectivity index (χ0v) is 26.2. The van der Waals surface area contributed by atoms with E-state index in [1.807, 2.05) is 6.08 Å². The number of ether oxygens (including phenoxy) is 2. The minimum atomic E-state index is -1.35. The minimum Gasteiger partial charge on any atom is -0.506 e. The van der Waals surface area contributed by atoms with Gasteiger partial charge in [-0.15, -0.1) is 0 Å². The van der Waals surface area contributed by atoms with Crippen LogP contribution in [0.2, 0.25) is 5.02 Å². The van der Waals surface area contributed by atoms with Gasteiger partial charge in [0.1, 0.15) is 17.2 Å². The van der Waals surface area contributed by atoms with Gasteiger partial charge in [-0.3, -0.25) is 9.59 Å². The third-order valence-electron chi connectivity index (χ3n) is 10.8. The molecule has 5 unspecified atom stereocenters. The Bertz CT molecular complexity index is 1630. The van der Waals surface area contributed by atoms with E-state index in [1.165, 1.54) is 17.7 Å². The Hall–Kier alpha value is -3.54. The molecule has 44 heavy (non-hydrogen) atoms. The molecule has 9 heteroatoms. The van der Waals surface area contributed by atoms with Gasteiger partial charge in [0.15, 0.2) is 11.4 Å². The molecular weight excluding hydrogens is 598 g/mol. The van der Waals surface area contributed by atoms with Crippen LogP contribution in [0.15, 0.2) is 66.3 Å². The fourth-order valence-corrected chi connectivity index (χ4v) is 9.49. The highest BCUT2D eigenvalue weighted by molar-refractivity contribution is 8.14. The number of carbonyl (C=O) groups is 3. The van der Waals surface area contributed by atoms with Crippen molar-refractivity contribution < 1.29 is 29.0 Å². The smallest absolute Gasteiger partial charge is 0.339 e. The van der Waals surface area contributed by atoms with Crippen LogP contribution < -0.4 is 4.74 Å². The second-order valence-corrected chi connectivity index (χ2v) is 14.1. The van der Waals surface area contributed by atoms with Crippen LogP contribution in [0.4, 0.5) is 0 Å². The predicted octanol–water partition coefficient (Wildman–Crippen LogP) is 7.82. The maximum absolute atomic E-state index is 14.0. The summed E-state index contributed by atoms with van der Waals surface area (Å²) in [7, 11) is 0. The van der Waals surface area contributed by atoms with Crippen molar-refractivity contribution in [3.05, 3.63) is 76.9 Å². The second kappa shape index (κ2) is 11.4. The molecule has 6 atom stereocenters. The first-order valence-electron chi connectivity index (χ1n) is 15.0. The molecule has 228 valence electrons. The molecule has 0 spiro atoms. The van der Waals surface area contributed by atoms with Gasteiger partial charge in [-0.1, -0.05) is 48.9 Å². The van der Waals surface area contributed by atoms with E-state index >= 15 is 0 Å². The SMILES string of the molecule is CC12C=CC(=O)C=C1CCC1C2CCC2(C)C1CC[C@]2(OC(=O)c1ccc(Oc2ccc(O)c(Cl)c2)cc1)C(=O)SCC#N. The molecule has 4 aliphatic carbocycles. The van der Waals surface area contributed by atoms with E-state index in [9.17, 15) is 24.8 Å². The highest BCUT2D eigenvalue weighted by atomic mass is 35.5. The van der Waals surface area contributed by atoms with E-state index in [0.29, 0.717) is 36.2 Å². The number of allylic oxidation sites excluding steroid dienone is 4. The molecule has 2 aromatic rings. The number of hydrogen-bond donors (Lipinski definition) is 1. The van der Waals surface area contributed by atoms with E-state index in [4.69, 9.17) is 21.1 Å². The number of benzene rings is 2. The third-order valence-corrected chi connectivity index (χ3v) is 12.0. The third kappa shape index (κ3) is 4.95. The molecule has 7 nitrogen and oxygen atoms in total. The van der Waals surface area contributed by atoms with Gasteiger partial charge < -0.3 is 14.6 Å². The summed E-state index contributed by atoms with van der Waals surface area (Å²) in [5.74, 6) is 1.12. The number of aromatic hydroxyl groups is 1. The zero-order chi connectivity index (χ0) is 31.3. The van der Waals surface area contributed by atoms with Crippen molar-refractivity contribution in [1.29, 1.82) is 5.26 Å². The fourth-order valence-electron chi connectivity index (χ4n) is 8.52. The summed E-state index contributed by atoms with van der Waals surface area (Å²) in [4.78, 5) is 39.8. The lowest BCUT2D eigenvalue weighted by molar-refractivity contribution is -0.153. The van der Waals surface area contributed by atoms with Crippen molar-refractivity contribution in [2.24, 2.45) is 28.6 Å². The summed E-state index contributed by atoms with van der Waals surface area (Å²) in [6, 6.07) is 13.0. The van der Waals surface area contributed by atoms with E-state index in [-0.39, 0.29) is 44.3 Å². The molecule has 2 aromatic carbocycles. The van der Waals surface area contributed by atoms with Crippen molar-refractivity contribution >= 4 is 40.2 Å². The van der Waals surface area contributed by atoms with Gasteiger partial charge in [0.2, 0.25) is 5.12 Å². The lowest BCUT2D eigenvalue weighted by atomic mass is 9.47. The van der Waals surface area contributed by atoms with Crippen LogP contribution in [0.3, 0.4) is 0 Å². The first-order chi connectivity index (χ1) is 21.0. The topological polar surface area (TPSA) is 114 Å². The molecule has 6 rings (SSSR count). The maximum atomic E-state index is 14.0. The molecular formula is C35H34ClNO6S. The number of halogens is 1. The first kappa shape index (κ1) is 30.5. The summed E-state index contributed by atoms with van der Waals surface area (Å²) in [5.41, 5.74) is -0.636. The number of nitrogens with zero attached hydrogens (tertiary/aromatic N) is 1. The van der Waals surface area contributed by atoms with Crippen LogP contribution in [-0.4, -0.2) is 33.3 Å². The lowest BCUT2D eigenvalue weighted by Crippen LogP contribution is -2.58. The van der Waals surface area contributed by atoms with Crippen molar-refractivity contribution in [2.45, 2.75) is 58.0 Å². The van der Waals surface area contributed by atoms with E-state index < -0.39 is 17.0 Å². The van der Waals surface area contributed by atoms with Gasteiger partial charge >= 0.3 is 5.97 Å². The Morgan fingerprint density at radius 1 is 1.07 bits per heavy atom. The summed E-state index contributed by atoms with van der Waals surface area (Å²) < 4.78 is 12.2. The van der Waals surface area contributed by atoms with Crippen molar-refractivity contribution in [1.82, 2.24) is 0 Å². The Balaban J connectivity index is 1.26. The van der Waals surface area contributed by atoms with Crippen molar-refractivity contribution in [3.8, 4) is 23.3 Å². The summed E-state index contributed by atoms with van der Waals surface area (Å²) >= 11 is 6.92. The molecule has 0 aliphatic heterocycles. The number of phenolic OH excluding ortho intramolecular Hbond substituents is 1. The zero-order valence-electron chi connectivity index (χ0n) is 24.7. The van der Waals surface area contributed by atoms with E-state index in [1.54, 1.807) is 36.4 Å². The Kier molecular flexibility index (Phi) is 7.92. The summed E-state index contributed by atoms with van der Waals surface area (Å²) in [5, 5.41) is 18.8. The van der Waals surface area contributed by atoms with Crippen molar-refractivity contribution in [2.75, 3.05) is 5.75 Å². The number of ketones is 1. The van der Waals surface area contributed by atoms with Gasteiger partial charge in [-0.2, -0.15) is 5.26 Å². The second-order valence-electron chi connectivity index (χ2n) is 12.8. The van der Waals surface area contributed by atoms with Gasteiger partial charge in [0, 0.05) is 16.9 Å². The monoisotopic (exact) mass is 631 g/mol. The average molecular weight is 632 g/mol. The number of nitriles is 1. The number of thioether (sulfide) groups is 1. The summed E-state index contributed by atoms with van der Waals surface area (Å²) in [6.07, 6.45) is 10.1. The molecule has 1 N–H and O–H groups in total. The standard InChI is InChI=1S/C35H34ClNO6S/c1-33-14-11-23(38)19-22(33)5-9-26-27(33)12-15-34(2)28(26)13-16-35(34,32(41)44-18-17-37)43-31(40)21-3-6-24(7-4-21)42-25-8-10-30(39)29(36)20-25/h3-4,6-8,10-11,14,19-20,26-28,39H,5,9,12-13,15-16,18H2,1-2H3/t26?,27?,28?,33?,34?,35-/m0/s1. The highest BCUT2D eigenvalue weighted by Crippen LogP contribution is 2.68. The van der Waals surface area contributed by atoms with Crippen LogP contribution in [0.1, 0.15) is 62.7 Å². The molecule has 3 fully saturated rings. The van der Waals surface area contributed by atoms with E-state index in [0.717, 1.165) is 37.4 Å². The van der Waals surface area contributed by atoms with Gasteiger partial charge in [-0.05, 0) is 105 Å². The average Bonchev–Trinajstić information content (AvgIpc) is 3.31. The van der Waals surface area contributed by atoms with E-state index in [2.05, 4.69) is 26.0 Å². The Morgan fingerprint density at radius 3 is 2.52 bits per heavy atom. The number of hydrogen-bond acceptors (Lipinski definition) is 8. The summed E-state index contributed by atoms with van der Waals surface area (Å²) in [6.45, 7) is 4.34. The van der Waals surface area contributed by atoms with Gasteiger partial charge in [-0.25, -0.2) is 4.79 Å². The number of fused-ring (bicyclic) bond motifs is 5. The number of phenols is 1. The quantitative estimate of drug-likeness (QED) is 0.321. The fraction of sp³-hybridized carbons (Fsp3) is 0.429. The van der Waals surface area contributed by atoms with Crippen LogP contribution in [0, 0.1) is 39.9 Å². The Morgan fingerprint density at radius 2 is 1.80 bits per heavy atom. The van der Waals surface area contributed by atoms with Crippen LogP contribution in [0.5, 0.6) is 17.2 Å². The predicted molar refractivity (Wildman–Crippen MR) is 167 cm³/mol. The molecule has 0 saturated heterocycles. The molecule has 3 saturated carbocycles. The first-order valence-corrected chi connectivity index (χ1v) is 16.4. The van der Waals surface area contributed by atoms with Crippen LogP contribution >= 0.6 is 23.4 Å². The van der Waals surface area contributed by atoms with Crippen LogP contribution in [0.25, 0.3) is 0 Å². The van der Waals surface area contributed by atoms with Gasteiger partial charge in [0.25, 0.3) is 0 Å². The molecule has 0 amide bonds. The van der Waals surface area contributed by atoms with Crippen LogP contribution in [-0.2, 0) is 14.3 Å². The Labute approximate surface area is 266 Å². The normalized spacial score (nSPS) is 32.0. The molecule has 0 bridgehead atoms. The number of esters is 1. The van der Waals surface area contributed by atoms with Gasteiger partial charge in [0.05, 0.1) is 22.4 Å².